The first kappa shape index (κ1) is 22.0. The Bertz CT molecular complexity index is 275. The number of carbonyl (C=O) groups excluding carboxylic acids is 1. The molecule has 18 heavy (non-hydrogen) atoms. The Morgan fingerprint density at radius 2 is 1.44 bits per heavy atom. The second kappa shape index (κ2) is 13.9. The molecule has 0 amide bonds. The number of aliphatic carboxylic acids is 1. The van der Waals surface area contributed by atoms with Crippen LogP contribution in [0.4, 0.5) is 0 Å². The average Bonchev–Trinajstić information content (AvgIpc) is 2.29. The van der Waals surface area contributed by atoms with E-state index in [9.17, 15) is 9.59 Å². The predicted octanol–water partition coefficient (Wildman–Crippen LogP) is 0.649. The zero-order valence-corrected chi connectivity index (χ0v) is 15.2. The van der Waals surface area contributed by atoms with Crippen molar-refractivity contribution in [1.82, 2.24) is 0 Å². The molecule has 106 valence electrons. The summed E-state index contributed by atoms with van der Waals surface area (Å²) in [6.45, 7) is 13.9. The minimum atomic E-state index is -0.935. The number of esters is 1. The first-order valence-electron chi connectivity index (χ1n) is 5.25. The van der Waals surface area contributed by atoms with E-state index in [1.165, 1.54) is 14.0 Å². The van der Waals surface area contributed by atoms with Gasteiger partial charge in [0.15, 0.2) is 9.04 Å². The van der Waals surface area contributed by atoms with Crippen molar-refractivity contribution >= 4 is 31.5 Å². The van der Waals surface area contributed by atoms with Crippen LogP contribution in [0.25, 0.3) is 0 Å². The number of carboxylic acid groups (broad SMARTS) is 1. The van der Waals surface area contributed by atoms with E-state index in [0.717, 1.165) is 10.5 Å². The van der Waals surface area contributed by atoms with Crippen molar-refractivity contribution in [1.29, 1.82) is 0 Å². The van der Waals surface area contributed by atoms with Crippen LogP contribution in [0.2, 0.25) is 13.1 Å². The molecule has 0 bridgehead atoms. The van der Waals surface area contributed by atoms with Crippen molar-refractivity contribution in [2.45, 2.75) is 26.9 Å². The van der Waals surface area contributed by atoms with Gasteiger partial charge in [0.05, 0.1) is 7.11 Å². The van der Waals surface area contributed by atoms with Crippen LogP contribution in [0.1, 0.15) is 13.8 Å². The molecule has 0 aliphatic heterocycles. The molecule has 0 aromatic heterocycles. The van der Waals surface area contributed by atoms with E-state index in [0.29, 0.717) is 5.57 Å². The lowest BCUT2D eigenvalue weighted by Gasteiger charge is -1.93. The molecule has 0 unspecified atom stereocenters. The molecule has 0 atom stereocenters. The van der Waals surface area contributed by atoms with Crippen molar-refractivity contribution < 1.29 is 23.5 Å². The number of carbonyl (C=O) groups is 2. The maximum Gasteiger partial charge on any atom is 0.332 e. The summed E-state index contributed by atoms with van der Waals surface area (Å²) in [5.41, 5.74) is 0.609. The maximum absolute atomic E-state index is 10.2. The Balaban J connectivity index is -0.000000190. The third kappa shape index (κ3) is 24.2. The van der Waals surface area contributed by atoms with E-state index in [-0.39, 0.29) is 11.5 Å². The molecular formula is C11H24O5Si2. The lowest BCUT2D eigenvalue weighted by Crippen LogP contribution is -2.02. The Hall–Kier alpha value is -1.19. The minimum Gasteiger partial charge on any atom is -0.478 e. The molecule has 0 aromatic rings. The molecule has 0 radical (unpaired) electrons. The summed E-state index contributed by atoms with van der Waals surface area (Å²) in [5.74, 6) is -1.28. The summed E-state index contributed by atoms with van der Waals surface area (Å²) in [5, 5.41) is 7.89. The van der Waals surface area contributed by atoms with Gasteiger partial charge in [0, 0.05) is 11.1 Å². The number of carboxylic acids is 1. The topological polar surface area (TPSA) is 72.8 Å². The summed E-state index contributed by atoms with van der Waals surface area (Å²) in [7, 11) is 1.68. The Labute approximate surface area is 114 Å². The fourth-order valence-electron chi connectivity index (χ4n) is 0.174. The highest BCUT2D eigenvalue weighted by Crippen LogP contribution is 1.87. The fraction of sp³-hybridized carbons (Fsp3) is 0.455. The highest BCUT2D eigenvalue weighted by molar-refractivity contribution is 6.52. The molecule has 0 aliphatic rings. The Morgan fingerprint density at radius 3 is 1.44 bits per heavy atom. The van der Waals surface area contributed by atoms with E-state index in [1.54, 1.807) is 6.92 Å². The number of hydrogen-bond acceptors (Lipinski definition) is 4. The van der Waals surface area contributed by atoms with E-state index in [2.05, 4.69) is 31.0 Å². The van der Waals surface area contributed by atoms with Gasteiger partial charge in [-0.3, -0.25) is 0 Å². The van der Waals surface area contributed by atoms with Gasteiger partial charge < -0.3 is 14.0 Å². The first-order chi connectivity index (χ1) is 8.09. The highest BCUT2D eigenvalue weighted by Gasteiger charge is 1.95. The van der Waals surface area contributed by atoms with Crippen LogP contribution in [-0.2, 0) is 18.4 Å². The summed E-state index contributed by atoms with van der Waals surface area (Å²) >= 11 is 0. The van der Waals surface area contributed by atoms with Crippen LogP contribution >= 0.6 is 0 Å². The average molecular weight is 292 g/mol. The van der Waals surface area contributed by atoms with Gasteiger partial charge in [-0.15, -0.1) is 0 Å². The van der Waals surface area contributed by atoms with Crippen molar-refractivity contribution in [3.63, 3.8) is 0 Å². The Morgan fingerprint density at radius 1 is 1.17 bits per heavy atom. The Kier molecular flexibility index (Phi) is 17.0. The van der Waals surface area contributed by atoms with E-state index in [4.69, 9.17) is 9.22 Å². The minimum absolute atomic E-state index is 0.176. The van der Waals surface area contributed by atoms with Crippen molar-refractivity contribution in [2.75, 3.05) is 7.11 Å². The third-order valence-corrected chi connectivity index (χ3v) is 5.14. The molecule has 5 nitrogen and oxygen atoms in total. The van der Waals surface area contributed by atoms with Gasteiger partial charge in [-0.05, 0) is 26.9 Å². The number of rotatable bonds is 3. The summed E-state index contributed by atoms with van der Waals surface area (Å²) in [4.78, 5) is 19.8. The van der Waals surface area contributed by atoms with Gasteiger partial charge in [0.25, 0.3) is 0 Å². The van der Waals surface area contributed by atoms with Crippen LogP contribution in [-0.4, -0.2) is 43.7 Å². The van der Waals surface area contributed by atoms with E-state index >= 15 is 0 Å². The smallest absolute Gasteiger partial charge is 0.332 e. The number of hydrogen-bond donors (Lipinski definition) is 1. The largest absolute Gasteiger partial charge is 0.478 e. The zero-order valence-electron chi connectivity index (χ0n) is 12.1. The molecule has 0 rings (SSSR count). The fourth-order valence-corrected chi connectivity index (χ4v) is 0.174. The molecule has 0 heterocycles. The quantitative estimate of drug-likeness (QED) is 0.470. The van der Waals surface area contributed by atoms with Gasteiger partial charge in [0.1, 0.15) is 10.5 Å². The SMILES string of the molecule is C=C(C)C(=O)O.C=C(C)C(=O)OC.C[SiH](C)O[SiH3]. The molecule has 0 aliphatic carbocycles. The maximum atomic E-state index is 10.2. The molecule has 7 heteroatoms. The normalized spacial score (nSPS) is 8.33. The van der Waals surface area contributed by atoms with Gasteiger partial charge in [-0.2, -0.15) is 0 Å². The monoisotopic (exact) mass is 292 g/mol. The van der Waals surface area contributed by atoms with E-state index in [1.807, 2.05) is 0 Å². The molecule has 0 saturated heterocycles. The molecular weight excluding hydrogens is 268 g/mol. The standard InChI is InChI=1S/C5H8O2.C4H6O2.C2H10OSi2/c1-4(2)5(6)7-3;1-3(2)4(5)6;1-5(2)3-4/h1H2,2-3H3;1H2,2H3,(H,5,6);5H,1-2,4H3. The second-order valence-electron chi connectivity index (χ2n) is 3.64. The molecule has 0 fully saturated rings. The van der Waals surface area contributed by atoms with Crippen LogP contribution in [0.3, 0.4) is 0 Å². The van der Waals surface area contributed by atoms with Crippen LogP contribution in [0.5, 0.6) is 0 Å². The van der Waals surface area contributed by atoms with Gasteiger partial charge in [-0.1, -0.05) is 13.2 Å². The molecule has 1 N–H and O–H groups in total. The number of methoxy groups -OCH3 is 1. The number of ether oxygens (including phenoxy) is 1. The lowest BCUT2D eigenvalue weighted by molar-refractivity contribution is -0.136. The molecule has 0 spiro atoms. The van der Waals surface area contributed by atoms with Gasteiger partial charge in [0.2, 0.25) is 0 Å². The van der Waals surface area contributed by atoms with Crippen molar-refractivity contribution in [3.8, 4) is 0 Å². The van der Waals surface area contributed by atoms with Crippen LogP contribution < -0.4 is 0 Å². The third-order valence-electron chi connectivity index (χ3n) is 1.37. The summed E-state index contributed by atoms with van der Waals surface area (Å²) < 4.78 is 9.30. The van der Waals surface area contributed by atoms with E-state index < -0.39 is 15.0 Å². The van der Waals surface area contributed by atoms with Gasteiger partial charge >= 0.3 is 11.9 Å². The first-order valence-corrected chi connectivity index (χ1v) is 8.85. The summed E-state index contributed by atoms with van der Waals surface area (Å²) in [6, 6.07) is 0. The molecule has 0 saturated carbocycles. The lowest BCUT2D eigenvalue weighted by atomic mass is 10.4. The summed E-state index contributed by atoms with van der Waals surface area (Å²) in [6.07, 6.45) is 0. The van der Waals surface area contributed by atoms with Crippen LogP contribution in [0, 0.1) is 0 Å². The molecule has 0 aromatic carbocycles. The highest BCUT2D eigenvalue weighted by atomic mass is 28.3. The second-order valence-corrected chi connectivity index (χ2v) is 7.62. The predicted molar refractivity (Wildman–Crippen MR) is 79.2 cm³/mol. The van der Waals surface area contributed by atoms with Crippen molar-refractivity contribution in [2.24, 2.45) is 0 Å². The van der Waals surface area contributed by atoms with Crippen molar-refractivity contribution in [3.05, 3.63) is 24.3 Å². The van der Waals surface area contributed by atoms with Crippen LogP contribution in [0.15, 0.2) is 24.3 Å². The zero-order chi connectivity index (χ0) is 15.3. The van der Waals surface area contributed by atoms with Gasteiger partial charge in [-0.25, -0.2) is 9.59 Å².